The maximum Gasteiger partial charge on any atom is 0.164 e. The molecule has 7 nitrogen and oxygen atoms in total. The lowest BCUT2D eigenvalue weighted by Gasteiger charge is -2.30. The number of aliphatic imine (C=N–C) groups is 1. The molecule has 1 aliphatic heterocycles. The summed E-state index contributed by atoms with van der Waals surface area (Å²) in [5.41, 5.74) is 6.69. The van der Waals surface area contributed by atoms with Gasteiger partial charge in [-0.2, -0.15) is 5.26 Å². The van der Waals surface area contributed by atoms with Crippen LogP contribution in [-0.4, -0.2) is 25.4 Å². The summed E-state index contributed by atoms with van der Waals surface area (Å²) in [5, 5.41) is 12.7. The Morgan fingerprint density at radius 1 is 1.27 bits per heavy atom. The summed E-state index contributed by atoms with van der Waals surface area (Å²) in [6, 6.07) is 6.19. The highest BCUT2D eigenvalue weighted by Crippen LogP contribution is 2.58. The first-order valence-corrected chi connectivity index (χ1v) is 10.1. The van der Waals surface area contributed by atoms with Crippen molar-refractivity contribution in [2.45, 2.75) is 24.1 Å². The van der Waals surface area contributed by atoms with Gasteiger partial charge in [-0.25, -0.2) is 23.7 Å². The molecule has 3 N–H and O–H groups in total. The normalized spacial score (nSPS) is 24.7. The van der Waals surface area contributed by atoms with E-state index in [0.717, 1.165) is 12.5 Å². The van der Waals surface area contributed by atoms with Crippen LogP contribution >= 0.6 is 11.8 Å². The van der Waals surface area contributed by atoms with Gasteiger partial charge in [0.15, 0.2) is 22.6 Å². The molecule has 30 heavy (non-hydrogen) atoms. The molecule has 3 aromatic rings. The van der Waals surface area contributed by atoms with Crippen molar-refractivity contribution in [2.24, 2.45) is 16.6 Å². The summed E-state index contributed by atoms with van der Waals surface area (Å²) in [7, 11) is 0. The molecule has 150 valence electrons. The number of nitrogens with one attached hydrogen (secondary N) is 1. The number of rotatable bonds is 3. The Kier molecular flexibility index (Phi) is 4.11. The van der Waals surface area contributed by atoms with Gasteiger partial charge in [0.25, 0.3) is 0 Å². The van der Waals surface area contributed by atoms with Crippen molar-refractivity contribution in [1.29, 1.82) is 5.26 Å². The highest BCUT2D eigenvalue weighted by Gasteiger charge is 2.56. The van der Waals surface area contributed by atoms with E-state index in [1.165, 1.54) is 30.4 Å². The van der Waals surface area contributed by atoms with E-state index in [1.807, 2.05) is 6.07 Å². The number of nitriles is 1. The second-order valence-electron chi connectivity index (χ2n) is 7.47. The average Bonchev–Trinajstić information content (AvgIpc) is 3.50. The highest BCUT2D eigenvalue weighted by molar-refractivity contribution is 8.14. The number of anilines is 2. The molecule has 0 saturated heterocycles. The Bertz CT molecular complexity index is 1270. The number of halogens is 2. The van der Waals surface area contributed by atoms with Crippen LogP contribution in [0.15, 0.2) is 35.7 Å². The third kappa shape index (κ3) is 2.93. The van der Waals surface area contributed by atoms with Crippen molar-refractivity contribution in [3.63, 3.8) is 0 Å². The van der Waals surface area contributed by atoms with Gasteiger partial charge in [0.1, 0.15) is 17.9 Å². The fourth-order valence-electron chi connectivity index (χ4n) is 3.91. The molecule has 10 heteroatoms. The van der Waals surface area contributed by atoms with Crippen molar-refractivity contribution in [3.05, 3.63) is 53.5 Å². The molecule has 3 heterocycles. The number of thioether (sulfide) groups is 1. The summed E-state index contributed by atoms with van der Waals surface area (Å²) < 4.78 is 29.4. The molecule has 2 aliphatic rings. The fourth-order valence-corrected chi connectivity index (χ4v) is 5.19. The van der Waals surface area contributed by atoms with Crippen LogP contribution < -0.4 is 11.1 Å². The zero-order valence-corrected chi connectivity index (χ0v) is 16.5. The van der Waals surface area contributed by atoms with E-state index in [0.29, 0.717) is 33.3 Å². The minimum atomic E-state index is -0.987. The Labute approximate surface area is 174 Å². The SMILES string of the molecule is C[C@]1(c2cc(Nc3ncnc4cc(C#N)cnc34)cc(F)c2F)N=C(N)SC2C[C@H]21. The first-order valence-electron chi connectivity index (χ1n) is 9.18. The zero-order valence-electron chi connectivity index (χ0n) is 15.7. The molecular weight excluding hydrogens is 408 g/mol. The molecule has 0 radical (unpaired) electrons. The minimum absolute atomic E-state index is 0.102. The number of hydrogen-bond acceptors (Lipinski definition) is 8. The largest absolute Gasteiger partial charge is 0.379 e. The lowest BCUT2D eigenvalue weighted by Crippen LogP contribution is -2.32. The monoisotopic (exact) mass is 423 g/mol. The first-order chi connectivity index (χ1) is 14.4. The second-order valence-corrected chi connectivity index (χ2v) is 8.73. The molecule has 1 aromatic carbocycles. The van der Waals surface area contributed by atoms with Crippen LogP contribution in [0.2, 0.25) is 0 Å². The quantitative estimate of drug-likeness (QED) is 0.662. The van der Waals surface area contributed by atoms with Crippen molar-refractivity contribution < 1.29 is 8.78 Å². The number of amidine groups is 1. The van der Waals surface area contributed by atoms with Gasteiger partial charge in [-0.3, -0.25) is 4.99 Å². The van der Waals surface area contributed by atoms with Crippen LogP contribution in [0.3, 0.4) is 0 Å². The van der Waals surface area contributed by atoms with Gasteiger partial charge >= 0.3 is 0 Å². The highest BCUT2D eigenvalue weighted by atomic mass is 32.2. The Balaban J connectivity index is 1.58. The molecule has 3 atom stereocenters. The first kappa shape index (κ1) is 18.7. The molecular formula is C20H15F2N7S. The predicted octanol–water partition coefficient (Wildman–Crippen LogP) is 3.58. The second kappa shape index (κ2) is 6.60. The van der Waals surface area contributed by atoms with Gasteiger partial charge in [0.2, 0.25) is 0 Å². The van der Waals surface area contributed by atoms with Gasteiger partial charge in [-0.15, -0.1) is 0 Å². The van der Waals surface area contributed by atoms with Crippen molar-refractivity contribution in [1.82, 2.24) is 15.0 Å². The molecule has 2 aromatic heterocycles. The fraction of sp³-hybridized carbons (Fsp3) is 0.250. The number of fused-ring (bicyclic) bond motifs is 2. The predicted molar refractivity (Wildman–Crippen MR) is 110 cm³/mol. The van der Waals surface area contributed by atoms with E-state index in [2.05, 4.69) is 25.3 Å². The van der Waals surface area contributed by atoms with E-state index >= 15 is 0 Å². The van der Waals surface area contributed by atoms with Gasteiger partial charge in [0.05, 0.1) is 16.6 Å². The zero-order chi connectivity index (χ0) is 21.0. The van der Waals surface area contributed by atoms with Crippen molar-refractivity contribution in [2.75, 3.05) is 5.32 Å². The standard InChI is InChI=1S/C20H15F2N7S/c1-20(11-5-15(11)30-19(24)29-20)12-3-10(4-13(21)16(12)22)28-18-17-14(26-8-27-18)2-9(6-23)7-25-17/h2-4,7-8,11,15H,5H2,1H3,(H2,24,29)(H,26,27,28)/t11-,15?,20+/m1/s1. The minimum Gasteiger partial charge on any atom is -0.379 e. The van der Waals surface area contributed by atoms with Crippen molar-refractivity contribution in [3.8, 4) is 6.07 Å². The average molecular weight is 423 g/mol. The molecule has 1 fully saturated rings. The smallest absolute Gasteiger partial charge is 0.164 e. The Morgan fingerprint density at radius 2 is 2.10 bits per heavy atom. The molecule has 0 spiro atoms. The van der Waals surface area contributed by atoms with Crippen LogP contribution in [0.25, 0.3) is 11.0 Å². The van der Waals surface area contributed by atoms with E-state index in [1.54, 1.807) is 13.0 Å². The van der Waals surface area contributed by atoms with Crippen molar-refractivity contribution >= 4 is 39.5 Å². The number of nitrogens with two attached hydrogens (primary N) is 1. The number of aromatic nitrogens is 3. The van der Waals surface area contributed by atoms with Crippen LogP contribution in [0, 0.1) is 28.9 Å². The van der Waals surface area contributed by atoms with E-state index in [-0.39, 0.29) is 16.7 Å². The number of nitrogens with zero attached hydrogens (tertiary/aromatic N) is 5. The third-order valence-corrected chi connectivity index (χ3v) is 6.67. The van der Waals surface area contributed by atoms with Crippen LogP contribution in [0.1, 0.15) is 24.5 Å². The summed E-state index contributed by atoms with van der Waals surface area (Å²) in [4.78, 5) is 17.0. The Hall–Kier alpha value is -3.32. The van der Waals surface area contributed by atoms with Gasteiger partial charge < -0.3 is 11.1 Å². The van der Waals surface area contributed by atoms with Gasteiger partial charge in [0, 0.05) is 34.7 Å². The Morgan fingerprint density at radius 3 is 2.90 bits per heavy atom. The summed E-state index contributed by atoms with van der Waals surface area (Å²) in [5.74, 6) is -1.50. The van der Waals surface area contributed by atoms with E-state index in [4.69, 9.17) is 11.0 Å². The van der Waals surface area contributed by atoms with Crippen LogP contribution in [0.4, 0.5) is 20.3 Å². The molecule has 1 aliphatic carbocycles. The number of pyridine rings is 1. The van der Waals surface area contributed by atoms with Crippen LogP contribution in [-0.2, 0) is 5.54 Å². The summed E-state index contributed by atoms with van der Waals surface area (Å²) in [6.45, 7) is 1.79. The lowest BCUT2D eigenvalue weighted by atomic mass is 9.86. The lowest BCUT2D eigenvalue weighted by molar-refractivity contribution is 0.393. The number of benzene rings is 1. The molecule has 5 rings (SSSR count). The van der Waals surface area contributed by atoms with E-state index < -0.39 is 17.2 Å². The van der Waals surface area contributed by atoms with Gasteiger partial charge in [-0.05, 0) is 25.5 Å². The maximum absolute atomic E-state index is 14.8. The maximum atomic E-state index is 14.8. The summed E-state index contributed by atoms with van der Waals surface area (Å²) >= 11 is 1.48. The summed E-state index contributed by atoms with van der Waals surface area (Å²) in [6.07, 6.45) is 3.57. The molecule has 0 amide bonds. The van der Waals surface area contributed by atoms with E-state index in [9.17, 15) is 8.78 Å². The molecule has 1 unspecified atom stereocenters. The molecule has 1 saturated carbocycles. The van der Waals surface area contributed by atoms with Crippen LogP contribution in [0.5, 0.6) is 0 Å². The topological polar surface area (TPSA) is 113 Å². The van der Waals surface area contributed by atoms with Gasteiger partial charge in [-0.1, -0.05) is 11.8 Å². The number of hydrogen-bond donors (Lipinski definition) is 2. The molecule has 0 bridgehead atoms. The third-order valence-electron chi connectivity index (χ3n) is 5.51.